The first-order chi connectivity index (χ1) is 25.6. The van der Waals surface area contributed by atoms with E-state index in [0.29, 0.717) is 33.6 Å². The van der Waals surface area contributed by atoms with Gasteiger partial charge in [0.2, 0.25) is 5.95 Å². The van der Waals surface area contributed by atoms with Crippen LogP contribution in [0.5, 0.6) is 0 Å². The molecule has 3 aromatic heterocycles. The molecular weight excluding hydrogens is 540 g/mol. The molecule has 0 spiro atoms. The molecule has 0 fully saturated rings. The molecule has 206 valence electrons. The molecule has 0 saturated heterocycles. The van der Waals surface area contributed by atoms with Crippen molar-refractivity contribution in [1.29, 1.82) is 0 Å². The lowest BCUT2D eigenvalue weighted by Crippen LogP contribution is -2.06. The van der Waals surface area contributed by atoms with E-state index in [-0.39, 0.29) is 51.3 Å². The molecule has 0 N–H and O–H groups in total. The summed E-state index contributed by atoms with van der Waals surface area (Å²) in [4.78, 5) is 14.8. The fourth-order valence-electron chi connectivity index (χ4n) is 5.83. The van der Waals surface area contributed by atoms with Crippen molar-refractivity contribution in [3.05, 3.63) is 145 Å². The minimum absolute atomic E-state index is 0.0434. The van der Waals surface area contributed by atoms with Crippen LogP contribution in [0, 0.1) is 0 Å². The van der Waals surface area contributed by atoms with E-state index in [2.05, 4.69) is 0 Å². The molecule has 0 aliphatic heterocycles. The van der Waals surface area contributed by atoms with E-state index in [1.54, 1.807) is 18.2 Å². The van der Waals surface area contributed by atoms with E-state index in [1.807, 2.05) is 72.8 Å². The lowest BCUT2D eigenvalue weighted by atomic mass is 9.99. The fourth-order valence-corrected chi connectivity index (χ4v) is 5.83. The van der Waals surface area contributed by atoms with Crippen LogP contribution in [0.2, 0.25) is 0 Å². The van der Waals surface area contributed by atoms with Crippen molar-refractivity contribution in [3.63, 3.8) is 0 Å². The molecule has 5 heteroatoms. The number of hydrogen-bond donors (Lipinski definition) is 0. The van der Waals surface area contributed by atoms with Crippen molar-refractivity contribution >= 4 is 43.7 Å². The van der Waals surface area contributed by atoms with Crippen LogP contribution < -0.4 is 0 Å². The molecule has 6 aromatic carbocycles. The molecule has 0 aliphatic rings. The van der Waals surface area contributed by atoms with Gasteiger partial charge in [-0.25, -0.2) is 4.98 Å². The van der Waals surface area contributed by atoms with E-state index >= 15 is 0 Å². The van der Waals surface area contributed by atoms with Gasteiger partial charge in [0.1, 0.15) is 11.2 Å². The van der Waals surface area contributed by atoms with Crippen molar-refractivity contribution in [2.45, 2.75) is 0 Å². The van der Waals surface area contributed by atoms with Gasteiger partial charge in [-0.1, -0.05) is 121 Å². The van der Waals surface area contributed by atoms with Crippen molar-refractivity contribution in [2.75, 3.05) is 0 Å². The number of para-hydroxylation sites is 2. The van der Waals surface area contributed by atoms with Gasteiger partial charge >= 0.3 is 0 Å². The Morgan fingerprint density at radius 1 is 0.500 bits per heavy atom. The first kappa shape index (κ1) is 17.1. The molecule has 44 heavy (non-hydrogen) atoms. The summed E-state index contributed by atoms with van der Waals surface area (Å²) in [5.74, 6) is 0.624. The van der Waals surface area contributed by atoms with Crippen LogP contribution in [0.1, 0.15) is 12.3 Å². The van der Waals surface area contributed by atoms with Crippen LogP contribution in [0.15, 0.2) is 150 Å². The second-order valence-corrected chi connectivity index (χ2v) is 10.2. The van der Waals surface area contributed by atoms with Crippen molar-refractivity contribution in [3.8, 4) is 39.9 Å². The summed E-state index contributed by atoms with van der Waals surface area (Å²) in [6, 6.07) is 23.2. The third-order valence-electron chi connectivity index (χ3n) is 7.69. The molecule has 0 bridgehead atoms. The van der Waals surface area contributed by atoms with Gasteiger partial charge in [0.05, 0.1) is 23.4 Å². The van der Waals surface area contributed by atoms with Crippen molar-refractivity contribution < 1.29 is 16.8 Å². The first-order valence-corrected chi connectivity index (χ1v) is 13.9. The molecule has 0 amide bonds. The number of fused-ring (bicyclic) bond motifs is 6. The average Bonchev–Trinajstić information content (AvgIpc) is 3.75. The highest BCUT2D eigenvalue weighted by atomic mass is 16.3. The quantitative estimate of drug-likeness (QED) is 0.210. The number of rotatable bonds is 4. The first-order valence-electron chi connectivity index (χ1n) is 18.4. The van der Waals surface area contributed by atoms with Crippen molar-refractivity contribution in [2.24, 2.45) is 0 Å². The van der Waals surface area contributed by atoms with Crippen molar-refractivity contribution in [1.82, 2.24) is 19.5 Å². The number of aromatic nitrogens is 4. The summed E-state index contributed by atoms with van der Waals surface area (Å²) in [7, 11) is 0. The zero-order chi connectivity index (χ0) is 36.9. The Hall–Kier alpha value is -6.07. The minimum Gasteiger partial charge on any atom is -0.456 e. The highest BCUT2D eigenvalue weighted by Gasteiger charge is 2.21. The minimum atomic E-state index is -0.549. The second-order valence-electron chi connectivity index (χ2n) is 10.2. The smallest absolute Gasteiger partial charge is 0.238 e. The monoisotopic (exact) mass is 573 g/mol. The van der Waals surface area contributed by atoms with Gasteiger partial charge in [-0.3, -0.25) is 4.57 Å². The maximum absolute atomic E-state index is 9.16. The predicted octanol–water partition coefficient (Wildman–Crippen LogP) is 9.87. The van der Waals surface area contributed by atoms with Gasteiger partial charge in [0.15, 0.2) is 11.6 Å². The third-order valence-corrected chi connectivity index (χ3v) is 7.69. The standard InChI is InChI=1S/C39H24N4O/c1-3-13-25(14-4-1)27-19-11-22-32-35(27)28-17-7-9-21-31(28)43(32)39-41-37(26-15-5-2-6-16-26)40-38(42-39)30-20-12-24-34-36(30)29-18-8-10-23-33(29)44-34/h1-24H/i1D,3D,4D,7D,9D,13D,14D,17D,21D. The van der Waals surface area contributed by atoms with Gasteiger partial charge in [0, 0.05) is 32.7 Å². The molecule has 5 nitrogen and oxygen atoms in total. The maximum Gasteiger partial charge on any atom is 0.238 e. The van der Waals surface area contributed by atoms with Gasteiger partial charge in [-0.05, 0) is 35.4 Å². The SMILES string of the molecule is [2H]c1c([2H])c([2H])c(-c2cccc3c2c2c([2H])c([2H])c([2H])c([2H])c2n3-c2nc(-c3ccccc3)nc(-c3cccc4oc5ccccc5c34)n2)c([2H])c1[2H]. The van der Waals surface area contributed by atoms with E-state index in [1.165, 1.54) is 4.57 Å². The Morgan fingerprint density at radius 3 is 2.14 bits per heavy atom. The van der Waals surface area contributed by atoms with E-state index in [4.69, 9.17) is 31.7 Å². The van der Waals surface area contributed by atoms with Gasteiger partial charge in [-0.2, -0.15) is 9.97 Å². The highest BCUT2D eigenvalue weighted by molar-refractivity contribution is 6.16. The van der Waals surface area contributed by atoms with E-state index in [9.17, 15) is 0 Å². The van der Waals surface area contributed by atoms with Gasteiger partial charge in [-0.15, -0.1) is 0 Å². The van der Waals surface area contributed by atoms with Crippen LogP contribution in [-0.4, -0.2) is 19.5 Å². The van der Waals surface area contributed by atoms with Gasteiger partial charge < -0.3 is 4.42 Å². The third kappa shape index (κ3) is 3.76. The second kappa shape index (κ2) is 9.75. The summed E-state index contributed by atoms with van der Waals surface area (Å²) < 4.78 is 85.7. The Balaban J connectivity index is 1.45. The zero-order valence-corrected chi connectivity index (χ0v) is 22.9. The van der Waals surface area contributed by atoms with Crippen LogP contribution in [-0.2, 0) is 0 Å². The molecule has 0 radical (unpaired) electrons. The Morgan fingerprint density at radius 2 is 1.23 bits per heavy atom. The lowest BCUT2D eigenvalue weighted by Gasteiger charge is -2.11. The average molecular weight is 574 g/mol. The molecule has 0 atom stereocenters. The van der Waals surface area contributed by atoms with Crippen LogP contribution in [0.4, 0.5) is 0 Å². The van der Waals surface area contributed by atoms with Crippen LogP contribution >= 0.6 is 0 Å². The van der Waals surface area contributed by atoms with Crippen LogP contribution in [0.25, 0.3) is 83.6 Å². The summed E-state index contributed by atoms with van der Waals surface area (Å²) in [6.45, 7) is 0. The normalized spacial score (nSPS) is 14.5. The number of nitrogens with zero attached hydrogens (tertiary/aromatic N) is 4. The lowest BCUT2D eigenvalue weighted by molar-refractivity contribution is 0.669. The number of benzene rings is 6. The molecule has 9 rings (SSSR count). The van der Waals surface area contributed by atoms with Crippen LogP contribution in [0.3, 0.4) is 0 Å². The Kier molecular flexibility index (Phi) is 3.80. The maximum atomic E-state index is 9.16. The predicted molar refractivity (Wildman–Crippen MR) is 178 cm³/mol. The highest BCUT2D eigenvalue weighted by Crippen LogP contribution is 2.39. The molecule has 0 aliphatic carbocycles. The molecule has 9 aromatic rings. The topological polar surface area (TPSA) is 56.7 Å². The summed E-state index contributed by atoms with van der Waals surface area (Å²) in [6.07, 6.45) is 0. The Bertz CT molecular complexity index is 2990. The largest absolute Gasteiger partial charge is 0.456 e. The zero-order valence-electron chi connectivity index (χ0n) is 31.9. The van der Waals surface area contributed by atoms with E-state index < -0.39 is 42.3 Å². The van der Waals surface area contributed by atoms with E-state index in [0.717, 1.165) is 10.8 Å². The number of furan rings is 1. The molecular formula is C39H24N4O. The molecule has 3 heterocycles. The van der Waals surface area contributed by atoms with Gasteiger partial charge in [0.25, 0.3) is 0 Å². The fraction of sp³-hybridized carbons (Fsp3) is 0. The Labute approximate surface area is 265 Å². The molecule has 0 saturated carbocycles. The summed E-state index contributed by atoms with van der Waals surface area (Å²) >= 11 is 0. The molecule has 0 unspecified atom stereocenters. The summed E-state index contributed by atoms with van der Waals surface area (Å²) in [5, 5.41) is 1.97. The summed E-state index contributed by atoms with van der Waals surface area (Å²) in [5.41, 5.74) is 3.11. The number of hydrogen-bond acceptors (Lipinski definition) is 4.